The van der Waals surface area contributed by atoms with Crippen molar-refractivity contribution in [1.29, 1.82) is 0 Å². The van der Waals surface area contributed by atoms with Gasteiger partial charge in [-0.1, -0.05) is 47.7 Å². The van der Waals surface area contributed by atoms with Crippen molar-refractivity contribution < 1.29 is 4.79 Å². The Bertz CT molecular complexity index is 598. The standard InChI is InChI=1S/C14H17N3OS3/c1-4-19-14-17-16-13(21-14)15-12(18)10(3)20-11-7-5-9(2)6-8-11/h5-8,10H,4H2,1-3H3,(H,15,16,18)/t10-/m1/s1. The Balaban J connectivity index is 1.90. The minimum Gasteiger partial charge on any atom is -0.300 e. The molecule has 0 radical (unpaired) electrons. The largest absolute Gasteiger partial charge is 0.300 e. The Morgan fingerprint density at radius 1 is 1.33 bits per heavy atom. The van der Waals surface area contributed by atoms with Gasteiger partial charge in [-0.3, -0.25) is 10.1 Å². The van der Waals surface area contributed by atoms with Crippen LogP contribution in [0.4, 0.5) is 5.13 Å². The molecule has 112 valence electrons. The molecular weight excluding hydrogens is 322 g/mol. The molecule has 0 saturated heterocycles. The van der Waals surface area contributed by atoms with Crippen LogP contribution in [0.3, 0.4) is 0 Å². The minimum atomic E-state index is -0.182. The summed E-state index contributed by atoms with van der Waals surface area (Å²) in [5.41, 5.74) is 1.21. The Kier molecular flexibility index (Phi) is 6.08. The van der Waals surface area contributed by atoms with E-state index in [1.165, 1.54) is 28.7 Å². The molecule has 0 aliphatic rings. The highest BCUT2D eigenvalue weighted by atomic mass is 32.2. The van der Waals surface area contributed by atoms with E-state index < -0.39 is 0 Å². The summed E-state index contributed by atoms with van der Waals surface area (Å²) in [4.78, 5) is 13.2. The van der Waals surface area contributed by atoms with E-state index in [2.05, 4.69) is 22.4 Å². The zero-order valence-electron chi connectivity index (χ0n) is 12.1. The second-order valence-corrected chi connectivity index (χ2v) is 8.27. The molecule has 1 heterocycles. The van der Waals surface area contributed by atoms with E-state index in [1.54, 1.807) is 11.8 Å². The van der Waals surface area contributed by atoms with Gasteiger partial charge in [-0.05, 0) is 31.7 Å². The molecule has 7 heteroatoms. The van der Waals surface area contributed by atoms with Gasteiger partial charge >= 0.3 is 0 Å². The highest BCUT2D eigenvalue weighted by Gasteiger charge is 2.16. The van der Waals surface area contributed by atoms with Crippen molar-refractivity contribution in [3.8, 4) is 0 Å². The second-order valence-electron chi connectivity index (χ2n) is 4.37. The van der Waals surface area contributed by atoms with Crippen molar-refractivity contribution in [3.05, 3.63) is 29.8 Å². The number of rotatable bonds is 6. The van der Waals surface area contributed by atoms with Gasteiger partial charge in [-0.15, -0.1) is 22.0 Å². The van der Waals surface area contributed by atoms with Crippen molar-refractivity contribution in [1.82, 2.24) is 10.2 Å². The van der Waals surface area contributed by atoms with Crippen molar-refractivity contribution >= 4 is 45.9 Å². The quantitative estimate of drug-likeness (QED) is 0.635. The first kappa shape index (κ1) is 16.3. The average Bonchev–Trinajstić information content (AvgIpc) is 2.89. The molecule has 1 aromatic heterocycles. The molecule has 0 aliphatic heterocycles. The number of aromatic nitrogens is 2. The summed E-state index contributed by atoms with van der Waals surface area (Å²) in [6.45, 7) is 6.00. The summed E-state index contributed by atoms with van der Waals surface area (Å²) in [7, 11) is 0. The number of thioether (sulfide) groups is 2. The molecule has 1 N–H and O–H groups in total. The van der Waals surface area contributed by atoms with Crippen LogP contribution >= 0.6 is 34.9 Å². The number of amides is 1. The molecule has 1 amide bonds. The molecule has 0 bridgehead atoms. The lowest BCUT2D eigenvalue weighted by Crippen LogP contribution is -2.22. The van der Waals surface area contributed by atoms with Crippen LogP contribution in [0.25, 0.3) is 0 Å². The molecule has 21 heavy (non-hydrogen) atoms. The van der Waals surface area contributed by atoms with E-state index in [9.17, 15) is 4.79 Å². The van der Waals surface area contributed by atoms with E-state index in [0.717, 1.165) is 15.0 Å². The number of hydrogen-bond donors (Lipinski definition) is 1. The van der Waals surface area contributed by atoms with Crippen LogP contribution in [0.15, 0.2) is 33.5 Å². The third-order valence-electron chi connectivity index (χ3n) is 2.61. The molecule has 2 rings (SSSR count). The van der Waals surface area contributed by atoms with E-state index in [0.29, 0.717) is 5.13 Å². The van der Waals surface area contributed by atoms with Crippen molar-refractivity contribution in [2.75, 3.05) is 11.1 Å². The topological polar surface area (TPSA) is 54.9 Å². The number of carbonyl (C=O) groups excluding carboxylic acids is 1. The SMILES string of the molecule is CCSc1nnc(NC(=O)[C@@H](C)Sc2ccc(C)cc2)s1. The van der Waals surface area contributed by atoms with Gasteiger partial charge in [0.2, 0.25) is 11.0 Å². The molecule has 0 saturated carbocycles. The lowest BCUT2D eigenvalue weighted by atomic mass is 10.2. The maximum absolute atomic E-state index is 12.2. The number of nitrogens with zero attached hydrogens (tertiary/aromatic N) is 2. The molecule has 4 nitrogen and oxygen atoms in total. The zero-order chi connectivity index (χ0) is 15.2. The van der Waals surface area contributed by atoms with Crippen LogP contribution in [0.5, 0.6) is 0 Å². The summed E-state index contributed by atoms with van der Waals surface area (Å²) in [5, 5.41) is 11.2. The molecular formula is C14H17N3OS3. The molecule has 1 atom stereocenters. The van der Waals surface area contributed by atoms with E-state index in [-0.39, 0.29) is 11.2 Å². The van der Waals surface area contributed by atoms with Gasteiger partial charge in [0.05, 0.1) is 5.25 Å². The predicted octanol–water partition coefficient (Wildman–Crippen LogP) is 4.08. The smallest absolute Gasteiger partial charge is 0.239 e. The second kappa shape index (κ2) is 7.82. The van der Waals surface area contributed by atoms with Gasteiger partial charge in [0, 0.05) is 4.90 Å². The van der Waals surface area contributed by atoms with Crippen LogP contribution in [-0.4, -0.2) is 27.1 Å². The Morgan fingerprint density at radius 2 is 2.05 bits per heavy atom. The Hall–Kier alpha value is -1.05. The maximum Gasteiger partial charge on any atom is 0.239 e. The van der Waals surface area contributed by atoms with E-state index in [1.807, 2.05) is 38.1 Å². The fourth-order valence-corrected chi connectivity index (χ4v) is 4.04. The average molecular weight is 340 g/mol. The van der Waals surface area contributed by atoms with Crippen molar-refractivity contribution in [2.24, 2.45) is 0 Å². The summed E-state index contributed by atoms with van der Waals surface area (Å²) < 4.78 is 0.881. The zero-order valence-corrected chi connectivity index (χ0v) is 14.6. The highest BCUT2D eigenvalue weighted by molar-refractivity contribution is 8.01. The number of benzene rings is 1. The summed E-state index contributed by atoms with van der Waals surface area (Å²) in [6, 6.07) is 8.16. The normalized spacial score (nSPS) is 12.1. The molecule has 2 aromatic rings. The van der Waals surface area contributed by atoms with Gasteiger partial charge in [0.1, 0.15) is 0 Å². The fourth-order valence-electron chi connectivity index (χ4n) is 1.52. The maximum atomic E-state index is 12.2. The van der Waals surface area contributed by atoms with E-state index >= 15 is 0 Å². The fraction of sp³-hybridized carbons (Fsp3) is 0.357. The highest BCUT2D eigenvalue weighted by Crippen LogP contribution is 2.27. The van der Waals surface area contributed by atoms with Gasteiger partial charge in [0.25, 0.3) is 0 Å². The van der Waals surface area contributed by atoms with Crippen LogP contribution in [-0.2, 0) is 4.79 Å². The lowest BCUT2D eigenvalue weighted by Gasteiger charge is -2.10. The first-order chi connectivity index (χ1) is 10.1. The third kappa shape index (κ3) is 5.01. The number of carbonyl (C=O) groups is 1. The van der Waals surface area contributed by atoms with Crippen LogP contribution in [0.2, 0.25) is 0 Å². The summed E-state index contributed by atoms with van der Waals surface area (Å²) >= 11 is 4.57. The number of aryl methyl sites for hydroxylation is 1. The van der Waals surface area contributed by atoms with Crippen LogP contribution in [0, 0.1) is 6.92 Å². The Labute approximate surface area is 137 Å². The molecule has 0 aliphatic carbocycles. The van der Waals surface area contributed by atoms with E-state index in [4.69, 9.17) is 0 Å². The van der Waals surface area contributed by atoms with Gasteiger partial charge in [-0.2, -0.15) is 0 Å². The predicted molar refractivity (Wildman–Crippen MR) is 91.4 cm³/mol. The molecule has 0 unspecified atom stereocenters. The molecule has 1 aromatic carbocycles. The Morgan fingerprint density at radius 3 is 2.71 bits per heavy atom. The van der Waals surface area contributed by atoms with Gasteiger partial charge < -0.3 is 0 Å². The number of hydrogen-bond acceptors (Lipinski definition) is 6. The van der Waals surface area contributed by atoms with Crippen molar-refractivity contribution in [3.63, 3.8) is 0 Å². The third-order valence-corrected chi connectivity index (χ3v) is 5.57. The minimum absolute atomic E-state index is 0.0511. The van der Waals surface area contributed by atoms with Gasteiger partial charge in [-0.25, -0.2) is 0 Å². The monoisotopic (exact) mass is 339 g/mol. The van der Waals surface area contributed by atoms with Crippen LogP contribution in [0.1, 0.15) is 19.4 Å². The first-order valence-electron chi connectivity index (χ1n) is 6.59. The number of nitrogens with one attached hydrogen (secondary N) is 1. The van der Waals surface area contributed by atoms with Crippen LogP contribution < -0.4 is 5.32 Å². The van der Waals surface area contributed by atoms with Gasteiger partial charge in [0.15, 0.2) is 4.34 Å². The first-order valence-corrected chi connectivity index (χ1v) is 9.27. The summed E-state index contributed by atoms with van der Waals surface area (Å²) in [5.74, 6) is 0.896. The van der Waals surface area contributed by atoms with Crippen molar-refractivity contribution in [2.45, 2.75) is 35.3 Å². The number of anilines is 1. The lowest BCUT2D eigenvalue weighted by molar-refractivity contribution is -0.115. The molecule has 0 fully saturated rings. The summed E-state index contributed by atoms with van der Waals surface area (Å²) in [6.07, 6.45) is 0. The molecule has 0 spiro atoms.